The van der Waals surface area contributed by atoms with Gasteiger partial charge < -0.3 is 4.52 Å². The minimum atomic E-state index is -0.300. The van der Waals surface area contributed by atoms with Gasteiger partial charge in [-0.1, -0.05) is 28.9 Å². The Hall–Kier alpha value is -1.85. The van der Waals surface area contributed by atoms with Gasteiger partial charge in [-0.25, -0.2) is 0 Å². The van der Waals surface area contributed by atoms with E-state index in [4.69, 9.17) is 16.1 Å². The van der Waals surface area contributed by atoms with Gasteiger partial charge in [0, 0.05) is 17.6 Å². The quantitative estimate of drug-likeness (QED) is 0.922. The maximum atomic E-state index is 12.1. The van der Waals surface area contributed by atoms with E-state index in [0.29, 0.717) is 17.5 Å². The van der Waals surface area contributed by atoms with Crippen LogP contribution >= 0.6 is 11.6 Å². The van der Waals surface area contributed by atoms with Gasteiger partial charge in [0.05, 0.1) is 11.7 Å². The topological polar surface area (TPSA) is 58.4 Å². The second kappa shape index (κ2) is 6.74. The van der Waals surface area contributed by atoms with Crippen molar-refractivity contribution >= 4 is 23.4 Å². The molecule has 1 atom stereocenters. The molecule has 2 aromatic rings. The molecule has 0 unspecified atom stereocenters. The molecule has 0 spiro atoms. The van der Waals surface area contributed by atoms with Crippen molar-refractivity contribution in [2.45, 2.75) is 26.4 Å². The highest BCUT2D eigenvalue weighted by Crippen LogP contribution is 2.13. The average Bonchev–Trinajstić information content (AvgIpc) is 2.85. The number of carbonyl (C=O) groups is 1. The number of amides is 1. The van der Waals surface area contributed by atoms with Crippen molar-refractivity contribution in [1.29, 1.82) is 0 Å². The third-order valence-corrected chi connectivity index (χ3v) is 3.51. The van der Waals surface area contributed by atoms with E-state index in [0.717, 1.165) is 11.3 Å². The summed E-state index contributed by atoms with van der Waals surface area (Å²) in [6, 6.07) is 8.96. The summed E-state index contributed by atoms with van der Waals surface area (Å²) < 4.78 is 4.98. The number of halogens is 1. The molecule has 0 radical (unpaired) electrons. The Morgan fingerprint density at radius 1 is 1.43 bits per heavy atom. The molecule has 2 rings (SSSR count). The van der Waals surface area contributed by atoms with Crippen molar-refractivity contribution in [3.63, 3.8) is 0 Å². The van der Waals surface area contributed by atoms with Crippen LogP contribution in [0.2, 0.25) is 5.02 Å². The van der Waals surface area contributed by atoms with Crippen LogP contribution in [0, 0.1) is 6.92 Å². The largest absolute Gasteiger partial charge is 0.338 e. The van der Waals surface area contributed by atoms with E-state index in [-0.39, 0.29) is 11.9 Å². The SMILES string of the molecule is Cc1cc(NC(=O)[C@@H](C)N(C)Cc2ccc(Cl)cc2)on1. The van der Waals surface area contributed by atoms with Crippen LogP contribution in [0.1, 0.15) is 18.2 Å². The number of hydrogen-bond donors (Lipinski definition) is 1. The highest BCUT2D eigenvalue weighted by atomic mass is 35.5. The van der Waals surface area contributed by atoms with Crippen LogP contribution in [-0.2, 0) is 11.3 Å². The van der Waals surface area contributed by atoms with Crippen LogP contribution in [0.3, 0.4) is 0 Å². The lowest BCUT2D eigenvalue weighted by Gasteiger charge is -2.23. The number of carbonyl (C=O) groups excluding carboxylic acids is 1. The summed E-state index contributed by atoms with van der Waals surface area (Å²) >= 11 is 5.86. The minimum absolute atomic E-state index is 0.136. The van der Waals surface area contributed by atoms with Crippen LogP contribution in [0.15, 0.2) is 34.9 Å². The second-order valence-electron chi connectivity index (χ2n) is 5.04. The molecule has 1 amide bonds. The molecule has 0 bridgehead atoms. The molecule has 0 aliphatic rings. The number of aryl methyl sites for hydroxylation is 1. The average molecular weight is 308 g/mol. The molecule has 21 heavy (non-hydrogen) atoms. The number of nitrogens with one attached hydrogen (secondary N) is 1. The third kappa shape index (κ3) is 4.31. The Morgan fingerprint density at radius 3 is 2.67 bits per heavy atom. The first-order chi connectivity index (χ1) is 9.95. The predicted molar refractivity (Wildman–Crippen MR) is 82.3 cm³/mol. The molecular formula is C15H18ClN3O2. The van der Waals surface area contributed by atoms with E-state index in [9.17, 15) is 4.79 Å². The standard InChI is InChI=1S/C15H18ClN3O2/c1-10-8-14(21-18-10)17-15(20)11(2)19(3)9-12-4-6-13(16)7-5-12/h4-8,11H,9H2,1-3H3,(H,17,20)/t11-/m1/s1. The van der Waals surface area contributed by atoms with Crippen molar-refractivity contribution < 1.29 is 9.32 Å². The second-order valence-corrected chi connectivity index (χ2v) is 5.48. The zero-order chi connectivity index (χ0) is 15.4. The summed E-state index contributed by atoms with van der Waals surface area (Å²) in [6.45, 7) is 4.30. The van der Waals surface area contributed by atoms with Gasteiger partial charge in [-0.3, -0.25) is 15.0 Å². The monoisotopic (exact) mass is 307 g/mol. The number of aromatic nitrogens is 1. The van der Waals surface area contributed by atoms with Crippen LogP contribution in [0.4, 0.5) is 5.88 Å². The van der Waals surface area contributed by atoms with Gasteiger partial charge in [0.1, 0.15) is 0 Å². The Balaban J connectivity index is 1.93. The number of likely N-dealkylation sites (N-methyl/N-ethyl adjacent to an activating group) is 1. The molecule has 1 N–H and O–H groups in total. The Morgan fingerprint density at radius 2 is 2.10 bits per heavy atom. The van der Waals surface area contributed by atoms with Gasteiger partial charge >= 0.3 is 0 Å². The molecule has 0 saturated heterocycles. The molecule has 0 saturated carbocycles. The molecule has 5 nitrogen and oxygen atoms in total. The highest BCUT2D eigenvalue weighted by Gasteiger charge is 2.19. The number of anilines is 1. The third-order valence-electron chi connectivity index (χ3n) is 3.26. The van der Waals surface area contributed by atoms with Gasteiger partial charge in [-0.2, -0.15) is 0 Å². The molecule has 112 valence electrons. The van der Waals surface area contributed by atoms with Crippen molar-refractivity contribution in [3.05, 3.63) is 46.6 Å². The van der Waals surface area contributed by atoms with E-state index < -0.39 is 0 Å². The van der Waals surface area contributed by atoms with Crippen molar-refractivity contribution in [1.82, 2.24) is 10.1 Å². The number of hydrogen-bond acceptors (Lipinski definition) is 4. The van der Waals surface area contributed by atoms with Gasteiger partial charge in [0.2, 0.25) is 11.8 Å². The summed E-state index contributed by atoms with van der Waals surface area (Å²) in [7, 11) is 1.89. The first-order valence-corrected chi connectivity index (χ1v) is 7.02. The van der Waals surface area contributed by atoms with Gasteiger partial charge in [0.15, 0.2) is 0 Å². The zero-order valence-electron chi connectivity index (χ0n) is 12.3. The van der Waals surface area contributed by atoms with Crippen LogP contribution in [0.5, 0.6) is 0 Å². The van der Waals surface area contributed by atoms with E-state index in [2.05, 4.69) is 10.5 Å². The lowest BCUT2D eigenvalue weighted by Crippen LogP contribution is -2.39. The molecule has 0 aliphatic carbocycles. The number of benzene rings is 1. The van der Waals surface area contributed by atoms with Gasteiger partial charge in [-0.15, -0.1) is 0 Å². The minimum Gasteiger partial charge on any atom is -0.338 e. The molecule has 1 aromatic carbocycles. The first-order valence-electron chi connectivity index (χ1n) is 6.64. The molecule has 1 aromatic heterocycles. The zero-order valence-corrected chi connectivity index (χ0v) is 13.0. The summed E-state index contributed by atoms with van der Waals surface area (Å²) in [5.41, 5.74) is 1.82. The fraction of sp³-hybridized carbons (Fsp3) is 0.333. The van der Waals surface area contributed by atoms with Gasteiger partial charge in [0.25, 0.3) is 0 Å². The molecule has 6 heteroatoms. The predicted octanol–water partition coefficient (Wildman–Crippen LogP) is 3.10. The lowest BCUT2D eigenvalue weighted by molar-refractivity contribution is -0.120. The van der Waals surface area contributed by atoms with Crippen molar-refractivity contribution in [3.8, 4) is 0 Å². The summed E-state index contributed by atoms with van der Waals surface area (Å²) in [6.07, 6.45) is 0. The van der Waals surface area contributed by atoms with E-state index in [1.807, 2.05) is 43.1 Å². The Labute approximate surface area is 128 Å². The highest BCUT2D eigenvalue weighted by molar-refractivity contribution is 6.30. The fourth-order valence-corrected chi connectivity index (χ4v) is 1.99. The van der Waals surface area contributed by atoms with Gasteiger partial charge in [-0.05, 0) is 38.6 Å². The number of rotatable bonds is 5. The summed E-state index contributed by atoms with van der Waals surface area (Å²) in [5.74, 6) is 0.229. The molecular weight excluding hydrogens is 290 g/mol. The fourth-order valence-electron chi connectivity index (χ4n) is 1.86. The van der Waals surface area contributed by atoms with Crippen LogP contribution in [-0.4, -0.2) is 29.1 Å². The summed E-state index contributed by atoms with van der Waals surface area (Å²) in [5, 5.41) is 7.14. The van der Waals surface area contributed by atoms with E-state index in [1.54, 1.807) is 13.0 Å². The Kier molecular flexibility index (Phi) is 4.98. The summed E-state index contributed by atoms with van der Waals surface area (Å²) in [4.78, 5) is 14.1. The van der Waals surface area contributed by atoms with Crippen LogP contribution < -0.4 is 5.32 Å². The maximum Gasteiger partial charge on any atom is 0.243 e. The smallest absolute Gasteiger partial charge is 0.243 e. The van der Waals surface area contributed by atoms with E-state index in [1.165, 1.54) is 0 Å². The number of nitrogens with zero attached hydrogens (tertiary/aromatic N) is 2. The molecule has 0 aliphatic heterocycles. The van der Waals surface area contributed by atoms with Crippen molar-refractivity contribution in [2.75, 3.05) is 12.4 Å². The lowest BCUT2D eigenvalue weighted by atomic mass is 10.2. The molecule has 0 fully saturated rings. The maximum absolute atomic E-state index is 12.1. The van der Waals surface area contributed by atoms with Crippen LogP contribution in [0.25, 0.3) is 0 Å². The van der Waals surface area contributed by atoms with E-state index >= 15 is 0 Å². The Bertz CT molecular complexity index is 610. The molecule has 1 heterocycles. The van der Waals surface area contributed by atoms with Crippen molar-refractivity contribution in [2.24, 2.45) is 0 Å². The normalized spacial score (nSPS) is 12.4. The first kappa shape index (κ1) is 15.5.